The van der Waals surface area contributed by atoms with Gasteiger partial charge >= 0.3 is 6.18 Å². The van der Waals surface area contributed by atoms with Gasteiger partial charge in [0.15, 0.2) is 0 Å². The van der Waals surface area contributed by atoms with Gasteiger partial charge in [-0.3, -0.25) is 4.90 Å². The molecule has 0 saturated carbocycles. The molecule has 0 spiro atoms. The summed E-state index contributed by atoms with van der Waals surface area (Å²) in [4.78, 5) is 6.14. The number of rotatable bonds is 4. The van der Waals surface area contributed by atoms with Gasteiger partial charge in [0, 0.05) is 18.9 Å². The van der Waals surface area contributed by atoms with Crippen LogP contribution in [0.3, 0.4) is 0 Å². The zero-order chi connectivity index (χ0) is 14.1. The van der Waals surface area contributed by atoms with Crippen LogP contribution in [0.5, 0.6) is 0 Å². The molecule has 116 valence electrons. The van der Waals surface area contributed by atoms with Crippen molar-refractivity contribution >= 4 is 12.4 Å². The predicted octanol–water partition coefficient (Wildman–Crippen LogP) is 2.04. The van der Waals surface area contributed by atoms with Crippen molar-refractivity contribution in [1.82, 2.24) is 14.5 Å². The average Bonchev–Trinajstić information content (AvgIpc) is 2.86. The third-order valence-electron chi connectivity index (χ3n) is 3.65. The van der Waals surface area contributed by atoms with E-state index in [1.54, 1.807) is 0 Å². The van der Waals surface area contributed by atoms with Crippen molar-refractivity contribution < 1.29 is 13.2 Å². The Balaban J connectivity index is 0.00000200. The normalized spacial score (nSPS) is 23.9. The lowest BCUT2D eigenvalue weighted by atomic mass is 9.90. The smallest absolute Gasteiger partial charge is 0.330 e. The predicted molar refractivity (Wildman–Crippen MR) is 72.6 cm³/mol. The Kier molecular flexibility index (Phi) is 5.46. The highest BCUT2D eigenvalue weighted by molar-refractivity contribution is 5.85. The molecule has 1 unspecified atom stereocenters. The van der Waals surface area contributed by atoms with Crippen LogP contribution in [0, 0.1) is 5.41 Å². The number of halogens is 4. The summed E-state index contributed by atoms with van der Waals surface area (Å²) < 4.78 is 38.4. The van der Waals surface area contributed by atoms with Crippen LogP contribution < -0.4 is 5.73 Å². The van der Waals surface area contributed by atoms with E-state index in [9.17, 15) is 13.2 Å². The van der Waals surface area contributed by atoms with Crippen molar-refractivity contribution in [1.29, 1.82) is 0 Å². The summed E-state index contributed by atoms with van der Waals surface area (Å²) in [6.45, 7) is 3.83. The molecule has 1 atom stereocenters. The lowest BCUT2D eigenvalue weighted by Crippen LogP contribution is -2.32. The molecule has 1 fully saturated rings. The van der Waals surface area contributed by atoms with E-state index in [1.807, 2.05) is 0 Å². The number of likely N-dealkylation sites (tertiary alicyclic amines) is 1. The maximum atomic E-state index is 12.4. The highest BCUT2D eigenvalue weighted by atomic mass is 35.5. The van der Waals surface area contributed by atoms with E-state index in [4.69, 9.17) is 5.73 Å². The van der Waals surface area contributed by atoms with E-state index in [-0.39, 0.29) is 17.8 Å². The molecule has 0 bridgehead atoms. The van der Waals surface area contributed by atoms with Crippen LogP contribution in [0.15, 0.2) is 12.4 Å². The van der Waals surface area contributed by atoms with Gasteiger partial charge in [-0.1, -0.05) is 6.92 Å². The lowest BCUT2D eigenvalue weighted by molar-refractivity contribution is -0.141. The SMILES string of the molecule is CC1(CN)CCN(Cc2nccn2CC(F)(F)F)C1.Cl. The van der Waals surface area contributed by atoms with Crippen molar-refractivity contribution in [2.75, 3.05) is 19.6 Å². The van der Waals surface area contributed by atoms with Crippen molar-refractivity contribution in [2.45, 2.75) is 32.6 Å². The zero-order valence-electron chi connectivity index (χ0n) is 11.4. The molecule has 2 rings (SSSR count). The van der Waals surface area contributed by atoms with E-state index in [2.05, 4.69) is 16.8 Å². The molecule has 0 amide bonds. The summed E-state index contributed by atoms with van der Waals surface area (Å²) in [7, 11) is 0. The Morgan fingerprint density at radius 3 is 2.70 bits per heavy atom. The van der Waals surface area contributed by atoms with Crippen LogP contribution in [0.2, 0.25) is 0 Å². The van der Waals surface area contributed by atoms with Gasteiger partial charge in [0.05, 0.1) is 6.54 Å². The van der Waals surface area contributed by atoms with Gasteiger partial charge in [0.2, 0.25) is 0 Å². The minimum atomic E-state index is -4.22. The summed E-state index contributed by atoms with van der Waals surface area (Å²) >= 11 is 0. The monoisotopic (exact) mass is 312 g/mol. The Labute approximate surface area is 122 Å². The first-order chi connectivity index (χ1) is 8.81. The summed E-state index contributed by atoms with van der Waals surface area (Å²) in [5.74, 6) is 0.457. The van der Waals surface area contributed by atoms with Gasteiger partial charge in [-0.05, 0) is 24.9 Å². The Bertz CT molecular complexity index is 435. The van der Waals surface area contributed by atoms with Crippen LogP contribution in [0.4, 0.5) is 13.2 Å². The summed E-state index contributed by atoms with van der Waals surface area (Å²) in [6.07, 6.45) is -0.448. The summed E-state index contributed by atoms with van der Waals surface area (Å²) in [5, 5.41) is 0. The highest BCUT2D eigenvalue weighted by Crippen LogP contribution is 2.29. The molecule has 8 heteroatoms. The first kappa shape index (κ1) is 17.3. The fraction of sp³-hybridized carbons (Fsp3) is 0.750. The van der Waals surface area contributed by atoms with Gasteiger partial charge in [0.1, 0.15) is 12.4 Å². The van der Waals surface area contributed by atoms with Gasteiger partial charge in [-0.25, -0.2) is 4.98 Å². The number of hydrogen-bond acceptors (Lipinski definition) is 3. The highest BCUT2D eigenvalue weighted by Gasteiger charge is 2.33. The van der Waals surface area contributed by atoms with E-state index >= 15 is 0 Å². The molecule has 0 radical (unpaired) electrons. The molecule has 20 heavy (non-hydrogen) atoms. The second-order valence-corrected chi connectivity index (χ2v) is 5.56. The molecule has 0 aliphatic carbocycles. The second kappa shape index (κ2) is 6.32. The van der Waals surface area contributed by atoms with Crippen molar-refractivity contribution in [3.63, 3.8) is 0 Å². The molecule has 1 aromatic heterocycles. The van der Waals surface area contributed by atoms with Crippen LogP contribution in [-0.4, -0.2) is 40.3 Å². The molecule has 1 aliphatic heterocycles. The third kappa shape index (κ3) is 4.36. The number of imidazole rings is 1. The van der Waals surface area contributed by atoms with Crippen LogP contribution in [0.1, 0.15) is 19.2 Å². The molecule has 0 aromatic carbocycles. The van der Waals surface area contributed by atoms with Crippen molar-refractivity contribution in [2.24, 2.45) is 11.1 Å². The second-order valence-electron chi connectivity index (χ2n) is 5.56. The molecule has 2 N–H and O–H groups in total. The Morgan fingerprint density at radius 1 is 1.45 bits per heavy atom. The first-order valence-corrected chi connectivity index (χ1v) is 6.30. The average molecular weight is 313 g/mol. The molecule has 2 heterocycles. The number of hydrogen-bond donors (Lipinski definition) is 1. The van der Waals surface area contributed by atoms with Crippen LogP contribution in [0.25, 0.3) is 0 Å². The number of aromatic nitrogens is 2. The number of alkyl halides is 3. The van der Waals surface area contributed by atoms with E-state index in [0.29, 0.717) is 18.9 Å². The fourth-order valence-electron chi connectivity index (χ4n) is 2.46. The zero-order valence-corrected chi connectivity index (χ0v) is 12.2. The molecule has 1 aromatic rings. The molecule has 4 nitrogen and oxygen atoms in total. The maximum absolute atomic E-state index is 12.4. The molecule has 1 aliphatic rings. The van der Waals surface area contributed by atoms with Crippen LogP contribution in [-0.2, 0) is 13.1 Å². The van der Waals surface area contributed by atoms with Crippen LogP contribution >= 0.6 is 12.4 Å². The lowest BCUT2D eigenvalue weighted by Gasteiger charge is -2.22. The molecule has 1 saturated heterocycles. The summed E-state index contributed by atoms with van der Waals surface area (Å²) in [5.41, 5.74) is 5.79. The third-order valence-corrected chi connectivity index (χ3v) is 3.65. The van der Waals surface area contributed by atoms with Crippen molar-refractivity contribution in [3.05, 3.63) is 18.2 Å². The summed E-state index contributed by atoms with van der Waals surface area (Å²) in [6, 6.07) is 0. The first-order valence-electron chi connectivity index (χ1n) is 6.30. The van der Waals surface area contributed by atoms with Crippen molar-refractivity contribution in [3.8, 4) is 0 Å². The van der Waals surface area contributed by atoms with Gasteiger partial charge in [0.25, 0.3) is 0 Å². The Hall–Kier alpha value is -0.790. The largest absolute Gasteiger partial charge is 0.406 e. The standard InChI is InChI=1S/C12H19F3N4.ClH/c1-11(7-16)2-4-18(8-11)6-10-17-3-5-19(10)9-12(13,14)15;/h3,5H,2,4,6-9,16H2,1H3;1H. The number of nitrogens with two attached hydrogens (primary N) is 1. The van der Waals surface area contributed by atoms with Gasteiger partial charge < -0.3 is 10.3 Å². The maximum Gasteiger partial charge on any atom is 0.406 e. The van der Waals surface area contributed by atoms with E-state index in [0.717, 1.165) is 24.1 Å². The fourth-order valence-corrected chi connectivity index (χ4v) is 2.46. The van der Waals surface area contributed by atoms with E-state index < -0.39 is 12.7 Å². The van der Waals surface area contributed by atoms with Gasteiger partial charge in [-0.2, -0.15) is 13.2 Å². The van der Waals surface area contributed by atoms with Gasteiger partial charge in [-0.15, -0.1) is 12.4 Å². The number of nitrogens with zero attached hydrogens (tertiary/aromatic N) is 3. The van der Waals surface area contributed by atoms with E-state index in [1.165, 1.54) is 12.4 Å². The quantitative estimate of drug-likeness (QED) is 0.925. The Morgan fingerprint density at radius 2 is 2.15 bits per heavy atom. The minimum Gasteiger partial charge on any atom is -0.330 e. The topological polar surface area (TPSA) is 47.1 Å². The molecular formula is C12H20ClF3N4. The minimum absolute atomic E-state index is 0. The molecular weight excluding hydrogens is 293 g/mol.